The largest absolute Gasteiger partial charge is 0.490 e. The number of nitrogens with zero attached hydrogens (tertiary/aromatic N) is 4. The van der Waals surface area contributed by atoms with Crippen molar-refractivity contribution in [2.24, 2.45) is 0 Å². The van der Waals surface area contributed by atoms with Crippen molar-refractivity contribution in [2.45, 2.75) is 65.1 Å². The predicted molar refractivity (Wildman–Crippen MR) is 107 cm³/mol. The smallest absolute Gasteiger partial charge is 0.475 e. The standard InChI is InChI=1S/C15H28N4.2C2HF3O2/c1-5-17(6-2)10-8-15-12-18(13(3)4)11-14-7-9-16-19(14)15;2*3-2(4,5)1(6)7/h7,9,13,15H,5-6,8,10-12H2,1-4H3;2*(H,6,7). The van der Waals surface area contributed by atoms with Crippen LogP contribution in [0.2, 0.25) is 0 Å². The Balaban J connectivity index is 0.000000605. The van der Waals surface area contributed by atoms with Crippen LogP contribution in [0.1, 0.15) is 45.9 Å². The van der Waals surface area contributed by atoms with Crippen LogP contribution in [0.25, 0.3) is 0 Å². The first-order chi connectivity index (χ1) is 15.0. The lowest BCUT2D eigenvalue weighted by molar-refractivity contribution is -0.193. The van der Waals surface area contributed by atoms with Gasteiger partial charge in [-0.15, -0.1) is 0 Å². The van der Waals surface area contributed by atoms with E-state index in [1.165, 1.54) is 18.7 Å². The highest BCUT2D eigenvalue weighted by molar-refractivity contribution is 5.73. The maximum atomic E-state index is 10.6. The molecule has 0 amide bonds. The normalized spacial score (nSPS) is 16.4. The lowest BCUT2D eigenvalue weighted by Crippen LogP contribution is -2.42. The van der Waals surface area contributed by atoms with Gasteiger partial charge >= 0.3 is 24.3 Å². The molecule has 0 aliphatic carbocycles. The van der Waals surface area contributed by atoms with Crippen LogP contribution < -0.4 is 0 Å². The van der Waals surface area contributed by atoms with Gasteiger partial charge in [-0.2, -0.15) is 31.4 Å². The van der Waals surface area contributed by atoms with Crippen LogP contribution in [0.4, 0.5) is 26.3 Å². The van der Waals surface area contributed by atoms with Crippen molar-refractivity contribution >= 4 is 11.9 Å². The number of carbonyl (C=O) groups is 2. The fourth-order valence-electron chi connectivity index (χ4n) is 2.89. The summed E-state index contributed by atoms with van der Waals surface area (Å²) in [5, 5.41) is 18.8. The zero-order valence-electron chi connectivity index (χ0n) is 18.8. The summed E-state index contributed by atoms with van der Waals surface area (Å²) in [5.74, 6) is -5.51. The molecular formula is C19H30F6N4O4. The molecule has 14 heteroatoms. The molecule has 0 saturated heterocycles. The van der Waals surface area contributed by atoms with Gasteiger partial charge in [0, 0.05) is 31.9 Å². The molecule has 8 nitrogen and oxygen atoms in total. The summed E-state index contributed by atoms with van der Waals surface area (Å²) in [4.78, 5) is 22.8. The molecule has 1 aliphatic heterocycles. The number of hydrogen-bond acceptors (Lipinski definition) is 5. The molecule has 0 saturated carbocycles. The quantitative estimate of drug-likeness (QED) is 0.585. The molecule has 1 unspecified atom stereocenters. The Morgan fingerprint density at radius 1 is 1.09 bits per heavy atom. The van der Waals surface area contributed by atoms with Crippen LogP contribution in [0.3, 0.4) is 0 Å². The maximum absolute atomic E-state index is 10.6. The first kappa shape index (κ1) is 30.6. The van der Waals surface area contributed by atoms with Gasteiger partial charge < -0.3 is 15.1 Å². The molecule has 0 spiro atoms. The average molecular weight is 492 g/mol. The number of alkyl halides is 6. The number of aliphatic carboxylic acids is 2. The summed E-state index contributed by atoms with van der Waals surface area (Å²) < 4.78 is 65.7. The van der Waals surface area contributed by atoms with Crippen LogP contribution >= 0.6 is 0 Å². The molecule has 2 N–H and O–H groups in total. The van der Waals surface area contributed by atoms with Crippen molar-refractivity contribution in [2.75, 3.05) is 26.2 Å². The van der Waals surface area contributed by atoms with Crippen LogP contribution in [-0.2, 0) is 16.1 Å². The summed E-state index contributed by atoms with van der Waals surface area (Å²) in [6.07, 6.45) is -7.02. The third kappa shape index (κ3) is 11.4. The molecule has 0 aromatic carbocycles. The number of halogens is 6. The van der Waals surface area contributed by atoms with E-state index in [1.54, 1.807) is 0 Å². The number of hydrogen-bond donors (Lipinski definition) is 2. The van der Waals surface area contributed by atoms with E-state index in [-0.39, 0.29) is 0 Å². The molecular weight excluding hydrogens is 462 g/mol. The number of fused-ring (bicyclic) bond motifs is 1. The van der Waals surface area contributed by atoms with Gasteiger partial charge in [0.2, 0.25) is 0 Å². The zero-order valence-corrected chi connectivity index (χ0v) is 18.8. The van der Waals surface area contributed by atoms with E-state index < -0.39 is 24.3 Å². The molecule has 1 aromatic rings. The Labute approximate surface area is 187 Å². The molecule has 0 radical (unpaired) electrons. The fourth-order valence-corrected chi connectivity index (χ4v) is 2.89. The Bertz CT molecular complexity index is 709. The van der Waals surface area contributed by atoms with Crippen molar-refractivity contribution in [1.82, 2.24) is 19.6 Å². The van der Waals surface area contributed by atoms with Crippen molar-refractivity contribution < 1.29 is 46.1 Å². The summed E-state index contributed by atoms with van der Waals surface area (Å²) in [6.45, 7) is 14.7. The van der Waals surface area contributed by atoms with Gasteiger partial charge in [-0.25, -0.2) is 9.59 Å². The predicted octanol–water partition coefficient (Wildman–Crippen LogP) is 3.65. The minimum Gasteiger partial charge on any atom is -0.475 e. The lowest BCUT2D eigenvalue weighted by atomic mass is 10.1. The van der Waals surface area contributed by atoms with E-state index in [9.17, 15) is 26.3 Å². The van der Waals surface area contributed by atoms with Crippen LogP contribution in [0.15, 0.2) is 12.3 Å². The van der Waals surface area contributed by atoms with Crippen LogP contribution in [0, 0.1) is 0 Å². The van der Waals surface area contributed by atoms with Gasteiger partial charge in [-0.3, -0.25) is 9.58 Å². The third-order valence-corrected chi connectivity index (χ3v) is 4.80. The second-order valence-corrected chi connectivity index (χ2v) is 7.37. The first-order valence-corrected chi connectivity index (χ1v) is 10.1. The topological polar surface area (TPSA) is 98.9 Å². The monoisotopic (exact) mass is 492 g/mol. The minimum absolute atomic E-state index is 0.529. The first-order valence-electron chi connectivity index (χ1n) is 10.1. The minimum atomic E-state index is -5.08. The zero-order chi connectivity index (χ0) is 26.0. The summed E-state index contributed by atoms with van der Waals surface area (Å²) in [7, 11) is 0. The number of rotatable bonds is 6. The highest BCUT2D eigenvalue weighted by atomic mass is 19.4. The van der Waals surface area contributed by atoms with E-state index in [2.05, 4.69) is 53.3 Å². The van der Waals surface area contributed by atoms with Crippen LogP contribution in [0.5, 0.6) is 0 Å². The van der Waals surface area contributed by atoms with E-state index in [1.807, 2.05) is 6.20 Å². The van der Waals surface area contributed by atoms with E-state index in [0.29, 0.717) is 12.1 Å². The van der Waals surface area contributed by atoms with Crippen molar-refractivity contribution in [1.29, 1.82) is 0 Å². The second-order valence-electron chi connectivity index (χ2n) is 7.37. The number of aromatic nitrogens is 2. The molecule has 1 atom stereocenters. The van der Waals surface area contributed by atoms with Gasteiger partial charge in [0.1, 0.15) is 0 Å². The lowest BCUT2D eigenvalue weighted by Gasteiger charge is -2.37. The van der Waals surface area contributed by atoms with Crippen molar-refractivity contribution in [3.05, 3.63) is 18.0 Å². The molecule has 192 valence electrons. The Morgan fingerprint density at radius 3 is 1.91 bits per heavy atom. The van der Waals surface area contributed by atoms with Gasteiger partial charge in [0.15, 0.2) is 0 Å². The Kier molecular flexibility index (Phi) is 12.4. The van der Waals surface area contributed by atoms with Crippen molar-refractivity contribution in [3.63, 3.8) is 0 Å². The van der Waals surface area contributed by atoms with Gasteiger partial charge in [-0.05, 0) is 39.4 Å². The molecule has 2 rings (SSSR count). The third-order valence-electron chi connectivity index (χ3n) is 4.80. The summed E-state index contributed by atoms with van der Waals surface area (Å²) in [6, 6.07) is 3.31. The Hall–Kier alpha value is -2.35. The fraction of sp³-hybridized carbons (Fsp3) is 0.737. The molecule has 33 heavy (non-hydrogen) atoms. The highest BCUT2D eigenvalue weighted by Crippen LogP contribution is 2.24. The van der Waals surface area contributed by atoms with Gasteiger partial charge in [0.25, 0.3) is 0 Å². The molecule has 2 heterocycles. The second kappa shape index (κ2) is 13.4. The van der Waals surface area contributed by atoms with E-state index in [0.717, 1.165) is 26.2 Å². The molecule has 1 aliphatic rings. The van der Waals surface area contributed by atoms with Gasteiger partial charge in [0.05, 0.1) is 11.7 Å². The maximum Gasteiger partial charge on any atom is 0.490 e. The summed E-state index contributed by atoms with van der Waals surface area (Å²) >= 11 is 0. The number of carboxylic acids is 2. The van der Waals surface area contributed by atoms with Crippen LogP contribution in [-0.4, -0.2) is 86.3 Å². The number of carboxylic acid groups (broad SMARTS) is 2. The SMILES string of the molecule is CCN(CC)CCC1CN(C(C)C)Cc2ccnn21.O=C(O)C(F)(F)F.O=C(O)C(F)(F)F. The molecule has 1 aromatic heterocycles. The van der Waals surface area contributed by atoms with Gasteiger partial charge in [-0.1, -0.05) is 13.8 Å². The van der Waals surface area contributed by atoms with E-state index >= 15 is 0 Å². The summed E-state index contributed by atoms with van der Waals surface area (Å²) in [5.41, 5.74) is 1.37. The van der Waals surface area contributed by atoms with E-state index in [4.69, 9.17) is 19.8 Å². The van der Waals surface area contributed by atoms with Crippen molar-refractivity contribution in [3.8, 4) is 0 Å². The highest BCUT2D eigenvalue weighted by Gasteiger charge is 2.38. The average Bonchev–Trinajstić information content (AvgIpc) is 3.17. The Morgan fingerprint density at radius 2 is 1.55 bits per heavy atom. The molecule has 0 fully saturated rings. The molecule has 0 bridgehead atoms.